The van der Waals surface area contributed by atoms with E-state index < -0.39 is 0 Å². The fourth-order valence-electron chi connectivity index (χ4n) is 2.87. The molecule has 2 aromatic rings. The van der Waals surface area contributed by atoms with Gasteiger partial charge < -0.3 is 0 Å². The first kappa shape index (κ1) is 14.1. The topological polar surface area (TPSA) is 0 Å². The number of benzene rings is 2. The first-order chi connectivity index (χ1) is 9.75. The minimum atomic E-state index is 1.11. The molecule has 0 amide bonds. The van der Waals surface area contributed by atoms with Crippen LogP contribution in [0.5, 0.6) is 0 Å². The molecule has 0 N–H and O–H groups in total. The van der Waals surface area contributed by atoms with E-state index in [4.69, 9.17) is 0 Å². The van der Waals surface area contributed by atoms with Gasteiger partial charge in [0, 0.05) is 0 Å². The molecule has 2 aliphatic carbocycles. The number of hydrogen-bond donors (Lipinski definition) is 0. The summed E-state index contributed by atoms with van der Waals surface area (Å²) in [5.41, 5.74) is 5.83. The zero-order valence-electron chi connectivity index (χ0n) is 12.2. The van der Waals surface area contributed by atoms with Crippen LogP contribution in [-0.2, 0) is 6.42 Å². The van der Waals surface area contributed by atoms with Gasteiger partial charge in [0.15, 0.2) is 0 Å². The van der Waals surface area contributed by atoms with E-state index in [1.807, 2.05) is 0 Å². The van der Waals surface area contributed by atoms with Gasteiger partial charge in [-0.1, -0.05) is 0 Å². The average molecular weight is 244 g/mol. The quantitative estimate of drug-likeness (QED) is 0.533. The number of rotatable bonds is 0. The van der Waals surface area contributed by atoms with Gasteiger partial charge in [-0.3, -0.25) is 0 Å². The standard InChI is InChI=1S/C13H9.C5H5.2Li/c1-3-7-12-10(5-1)9-11-6-2-4-8-13(11)12;1-2-4-5-3-1;;/h1-5,7-8H,9H2;1-3H,4H2;;. The van der Waals surface area contributed by atoms with Crippen LogP contribution in [-0.4, -0.2) is 35.4 Å². The molecule has 2 aliphatic rings. The van der Waals surface area contributed by atoms with Crippen LogP contribution in [0.25, 0.3) is 11.1 Å². The van der Waals surface area contributed by atoms with Gasteiger partial charge in [0.25, 0.3) is 0 Å². The van der Waals surface area contributed by atoms with Crippen LogP contribution in [0.3, 0.4) is 0 Å². The van der Waals surface area contributed by atoms with Crippen molar-refractivity contribution >= 4 is 39.7 Å². The van der Waals surface area contributed by atoms with E-state index >= 15 is 0 Å². The van der Waals surface area contributed by atoms with Crippen molar-refractivity contribution < 1.29 is 0 Å². The monoisotopic (exact) mass is 244 g/mol. The summed E-state index contributed by atoms with van der Waals surface area (Å²) in [6, 6.07) is 15.3. The van der Waals surface area contributed by atoms with Gasteiger partial charge in [-0.2, -0.15) is 0 Å². The molecule has 0 heterocycles. The molecule has 88 valence electrons. The molecular formula is C18H14Li2. The Bertz CT molecular complexity index is 696. The van der Waals surface area contributed by atoms with E-state index in [1.165, 1.54) is 37.2 Å². The zero-order chi connectivity index (χ0) is 13.9. The normalized spacial score (nSPS) is 14.3. The Kier molecular flexibility index (Phi) is 4.40. The average Bonchev–Trinajstić information content (AvgIpc) is 3.07. The maximum absolute atomic E-state index is 2.23. The molecule has 0 unspecified atom stereocenters. The number of hydrogen-bond acceptors (Lipinski definition) is 0. The van der Waals surface area contributed by atoms with Gasteiger partial charge in [-0.05, 0) is 0 Å². The minimum absolute atomic E-state index is 1.11. The summed E-state index contributed by atoms with van der Waals surface area (Å²) in [7, 11) is 0. The van der Waals surface area contributed by atoms with Crippen molar-refractivity contribution in [3.8, 4) is 11.1 Å². The molecule has 20 heavy (non-hydrogen) atoms. The molecule has 2 heteroatoms. The van der Waals surface area contributed by atoms with E-state index in [-0.39, 0.29) is 0 Å². The third-order valence-electron chi connectivity index (χ3n) is 4.04. The van der Waals surface area contributed by atoms with Crippen LogP contribution in [0.15, 0.2) is 64.9 Å². The van der Waals surface area contributed by atoms with E-state index in [9.17, 15) is 0 Å². The Hall–Kier alpha value is -0.885. The molecule has 0 aromatic heterocycles. The van der Waals surface area contributed by atoms with E-state index in [2.05, 4.69) is 96.1 Å². The van der Waals surface area contributed by atoms with Crippen molar-refractivity contribution in [2.24, 2.45) is 0 Å². The van der Waals surface area contributed by atoms with Gasteiger partial charge in [-0.15, -0.1) is 0 Å². The predicted octanol–water partition coefficient (Wildman–Crippen LogP) is 3.05. The van der Waals surface area contributed by atoms with Crippen molar-refractivity contribution in [3.05, 3.63) is 76.1 Å². The summed E-state index contributed by atoms with van der Waals surface area (Å²) in [5.74, 6) is 0. The zero-order valence-corrected chi connectivity index (χ0v) is 12.2. The van der Waals surface area contributed by atoms with Crippen molar-refractivity contribution in [2.45, 2.75) is 12.8 Å². The van der Waals surface area contributed by atoms with Crippen molar-refractivity contribution in [3.63, 3.8) is 0 Å². The predicted molar refractivity (Wildman–Crippen MR) is 87.7 cm³/mol. The summed E-state index contributed by atoms with van der Waals surface area (Å²) in [4.78, 5) is 0. The number of fused-ring (bicyclic) bond motifs is 3. The van der Waals surface area contributed by atoms with Crippen molar-refractivity contribution in [1.82, 2.24) is 0 Å². The fraction of sp³-hybridized carbons (Fsp3) is 0.111. The Morgan fingerprint density at radius 2 is 1.65 bits per heavy atom. The number of allylic oxidation sites excluding steroid dienone is 4. The van der Waals surface area contributed by atoms with Gasteiger partial charge in [0.1, 0.15) is 0 Å². The molecule has 0 radical (unpaired) electrons. The first-order valence-corrected chi connectivity index (χ1v) is 7.25. The third kappa shape index (κ3) is 2.90. The van der Waals surface area contributed by atoms with Crippen LogP contribution < -0.4 is 4.24 Å². The Morgan fingerprint density at radius 1 is 0.850 bits per heavy atom. The molecule has 0 saturated carbocycles. The third-order valence-corrected chi connectivity index (χ3v) is 4.04. The van der Waals surface area contributed by atoms with Gasteiger partial charge in [-0.25, -0.2) is 0 Å². The summed E-state index contributed by atoms with van der Waals surface area (Å²) >= 11 is 4.34. The van der Waals surface area contributed by atoms with E-state index in [0.717, 1.165) is 6.42 Å². The van der Waals surface area contributed by atoms with Crippen molar-refractivity contribution in [2.75, 3.05) is 0 Å². The van der Waals surface area contributed by atoms with Crippen LogP contribution in [0.4, 0.5) is 0 Å². The summed E-state index contributed by atoms with van der Waals surface area (Å²) in [6.45, 7) is 0. The van der Waals surface area contributed by atoms with E-state index in [1.54, 1.807) is 0 Å². The van der Waals surface area contributed by atoms with Crippen LogP contribution in [0, 0.1) is 0 Å². The second-order valence-corrected chi connectivity index (χ2v) is 5.58. The van der Waals surface area contributed by atoms with Crippen molar-refractivity contribution in [1.29, 1.82) is 0 Å². The SMILES string of the molecule is [Li][C]1=CC=CC1.[Li][c]1cccc2c1Cc1ccccc1-2. The molecule has 0 atom stereocenters. The first-order valence-electron chi connectivity index (χ1n) is 7.25. The molecule has 0 spiro atoms. The van der Waals surface area contributed by atoms with Crippen LogP contribution in [0.1, 0.15) is 17.5 Å². The Labute approximate surface area is 139 Å². The second kappa shape index (κ2) is 6.26. The summed E-state index contributed by atoms with van der Waals surface area (Å²) in [5, 5.41) is 0. The fourth-order valence-corrected chi connectivity index (χ4v) is 2.87. The molecule has 0 saturated heterocycles. The molecular weight excluding hydrogens is 230 g/mol. The molecule has 0 fully saturated rings. The molecule has 0 aliphatic heterocycles. The van der Waals surface area contributed by atoms with Gasteiger partial charge >= 0.3 is 140 Å². The molecule has 0 bridgehead atoms. The van der Waals surface area contributed by atoms with Crippen LogP contribution in [0.2, 0.25) is 0 Å². The molecule has 0 nitrogen and oxygen atoms in total. The van der Waals surface area contributed by atoms with Gasteiger partial charge in [0.05, 0.1) is 0 Å². The Balaban J connectivity index is 0.000000170. The molecule has 4 rings (SSSR count). The molecule has 2 aromatic carbocycles. The maximum atomic E-state index is 2.23. The second-order valence-electron chi connectivity index (χ2n) is 5.58. The Morgan fingerprint density at radius 3 is 2.35 bits per heavy atom. The summed E-state index contributed by atoms with van der Waals surface area (Å²) in [6.07, 6.45) is 8.67. The summed E-state index contributed by atoms with van der Waals surface area (Å²) < 4.78 is 2.88. The van der Waals surface area contributed by atoms with E-state index in [0.29, 0.717) is 0 Å². The van der Waals surface area contributed by atoms with Gasteiger partial charge in [0.2, 0.25) is 0 Å². The van der Waals surface area contributed by atoms with Crippen LogP contribution >= 0.6 is 0 Å².